The minimum absolute atomic E-state index is 0.537. The zero-order valence-electron chi connectivity index (χ0n) is 18.5. The van der Waals surface area contributed by atoms with Crippen LogP contribution in [0.25, 0.3) is 0 Å². The van der Waals surface area contributed by atoms with Crippen LogP contribution >= 0.6 is 24.4 Å². The van der Waals surface area contributed by atoms with Gasteiger partial charge in [-0.15, -0.1) is 0 Å². The van der Waals surface area contributed by atoms with Gasteiger partial charge in [0.25, 0.3) is 0 Å². The van der Waals surface area contributed by atoms with Gasteiger partial charge in [-0.2, -0.15) is 10.2 Å². The molecule has 0 spiro atoms. The molecule has 2 aromatic rings. The van der Waals surface area contributed by atoms with Crippen molar-refractivity contribution in [1.29, 1.82) is 0 Å². The Bertz CT molecular complexity index is 908. The summed E-state index contributed by atoms with van der Waals surface area (Å²) < 4.78 is 0. The third kappa shape index (κ3) is 7.11. The Morgan fingerprint density at radius 3 is 1.52 bits per heavy atom. The summed E-state index contributed by atoms with van der Waals surface area (Å²) in [4.78, 5) is 3.94. The maximum absolute atomic E-state index is 5.53. The maximum Gasteiger partial charge on any atom is 0.189 e. The molecule has 0 aromatic heterocycles. The first kappa shape index (κ1) is 24.4. The second kappa shape index (κ2) is 12.8. The van der Waals surface area contributed by atoms with Crippen LogP contribution in [0.4, 0.5) is 0 Å². The van der Waals surface area contributed by atoms with Gasteiger partial charge in [0, 0.05) is 37.8 Å². The molecule has 0 aliphatic rings. The molecule has 0 aliphatic heterocycles. The molecule has 31 heavy (non-hydrogen) atoms. The van der Waals surface area contributed by atoms with Gasteiger partial charge < -0.3 is 9.80 Å². The zero-order chi connectivity index (χ0) is 22.6. The lowest BCUT2D eigenvalue weighted by atomic mass is 10.00. The largest absolute Gasteiger partial charge is 0.351 e. The van der Waals surface area contributed by atoms with Crippen LogP contribution < -0.4 is 10.9 Å². The molecule has 0 amide bonds. The summed E-state index contributed by atoms with van der Waals surface area (Å²) in [5.41, 5.74) is 9.21. The highest BCUT2D eigenvalue weighted by molar-refractivity contribution is 7.80. The lowest BCUT2D eigenvalue weighted by Gasteiger charge is -2.21. The van der Waals surface area contributed by atoms with Crippen molar-refractivity contribution >= 4 is 46.1 Å². The van der Waals surface area contributed by atoms with E-state index in [0.29, 0.717) is 21.6 Å². The van der Waals surface area contributed by atoms with Crippen molar-refractivity contribution in [2.75, 3.05) is 26.7 Å². The van der Waals surface area contributed by atoms with E-state index in [4.69, 9.17) is 24.4 Å². The molecule has 0 heterocycles. The van der Waals surface area contributed by atoms with Crippen molar-refractivity contribution in [3.05, 3.63) is 71.8 Å². The summed E-state index contributed by atoms with van der Waals surface area (Å²) in [7, 11) is 1.92. The predicted molar refractivity (Wildman–Crippen MR) is 139 cm³/mol. The first-order chi connectivity index (χ1) is 15.0. The molecule has 2 aromatic carbocycles. The van der Waals surface area contributed by atoms with Crippen molar-refractivity contribution in [2.45, 2.75) is 20.8 Å². The molecule has 6 nitrogen and oxygen atoms in total. The molecule has 0 saturated carbocycles. The normalized spacial score (nSPS) is 11.6. The fourth-order valence-corrected chi connectivity index (χ4v) is 3.20. The Kier molecular flexibility index (Phi) is 10.1. The Labute approximate surface area is 196 Å². The molecule has 0 aliphatic carbocycles. The van der Waals surface area contributed by atoms with E-state index in [1.807, 2.05) is 84.4 Å². The lowest BCUT2D eigenvalue weighted by molar-refractivity contribution is 0.458. The number of hydrogen-bond donors (Lipinski definition) is 2. The summed E-state index contributed by atoms with van der Waals surface area (Å²) in [5.74, 6) is 0. The van der Waals surface area contributed by atoms with Crippen LogP contribution in [0.2, 0.25) is 0 Å². The van der Waals surface area contributed by atoms with Gasteiger partial charge in [-0.05, 0) is 45.2 Å². The zero-order valence-corrected chi connectivity index (χ0v) is 20.1. The van der Waals surface area contributed by atoms with Crippen LogP contribution in [-0.4, -0.2) is 58.1 Å². The smallest absolute Gasteiger partial charge is 0.189 e. The topological polar surface area (TPSA) is 55.3 Å². The van der Waals surface area contributed by atoms with Crippen LogP contribution in [0.5, 0.6) is 0 Å². The van der Waals surface area contributed by atoms with Gasteiger partial charge in [0.15, 0.2) is 10.2 Å². The quantitative estimate of drug-likeness (QED) is 0.359. The number of hydrazone groups is 2. The van der Waals surface area contributed by atoms with Crippen molar-refractivity contribution in [3.8, 4) is 0 Å². The number of nitrogens with zero attached hydrogens (tertiary/aromatic N) is 4. The molecule has 0 saturated heterocycles. The Balaban J connectivity index is 2.52. The highest BCUT2D eigenvalue weighted by Gasteiger charge is 2.16. The van der Waals surface area contributed by atoms with Crippen LogP contribution in [0.15, 0.2) is 70.9 Å². The first-order valence-electron chi connectivity index (χ1n) is 10.3. The lowest BCUT2D eigenvalue weighted by Crippen LogP contribution is -2.38. The third-order valence-corrected chi connectivity index (χ3v) is 5.47. The van der Waals surface area contributed by atoms with E-state index in [1.54, 1.807) is 0 Å². The monoisotopic (exact) mass is 454 g/mol. The number of benzene rings is 2. The average Bonchev–Trinajstić information content (AvgIpc) is 2.82. The molecule has 2 N–H and O–H groups in total. The number of thiocarbonyl (C=S) groups is 2. The highest BCUT2D eigenvalue weighted by atomic mass is 32.1. The minimum atomic E-state index is 0.537. The Morgan fingerprint density at radius 2 is 1.13 bits per heavy atom. The molecule has 2 rings (SSSR count). The fourth-order valence-electron chi connectivity index (χ4n) is 2.72. The van der Waals surface area contributed by atoms with Crippen LogP contribution in [0.1, 0.15) is 31.9 Å². The molecule has 0 atom stereocenters. The van der Waals surface area contributed by atoms with E-state index in [-0.39, 0.29) is 0 Å². The molecular weight excluding hydrogens is 424 g/mol. The van der Waals surface area contributed by atoms with Crippen molar-refractivity contribution in [3.63, 3.8) is 0 Å². The molecule has 8 heteroatoms. The fraction of sp³-hybridized carbons (Fsp3) is 0.304. The number of hydrogen-bond acceptors (Lipinski definition) is 4. The Hall–Kier alpha value is -2.84. The van der Waals surface area contributed by atoms with Gasteiger partial charge in [-0.1, -0.05) is 60.7 Å². The van der Waals surface area contributed by atoms with Gasteiger partial charge in [-0.25, -0.2) is 0 Å². The van der Waals surface area contributed by atoms with Gasteiger partial charge >= 0.3 is 0 Å². The van der Waals surface area contributed by atoms with Crippen molar-refractivity contribution < 1.29 is 0 Å². The summed E-state index contributed by atoms with van der Waals surface area (Å²) in [5, 5.41) is 10.5. The van der Waals surface area contributed by atoms with Gasteiger partial charge in [0.1, 0.15) is 11.4 Å². The van der Waals surface area contributed by atoms with Gasteiger partial charge in [-0.3, -0.25) is 10.9 Å². The van der Waals surface area contributed by atoms with Crippen molar-refractivity contribution in [2.24, 2.45) is 10.2 Å². The second-order valence-corrected chi connectivity index (χ2v) is 7.45. The molecular formula is C23H30N6S2. The van der Waals surface area contributed by atoms with E-state index in [9.17, 15) is 0 Å². The van der Waals surface area contributed by atoms with E-state index in [0.717, 1.165) is 30.8 Å². The van der Waals surface area contributed by atoms with E-state index < -0.39 is 0 Å². The third-order valence-electron chi connectivity index (χ3n) is 4.72. The molecule has 0 fully saturated rings. The minimum Gasteiger partial charge on any atom is -0.351 e. The summed E-state index contributed by atoms with van der Waals surface area (Å²) >= 11 is 11.0. The van der Waals surface area contributed by atoms with Crippen LogP contribution in [0, 0.1) is 0 Å². The number of nitrogens with one attached hydrogen (secondary N) is 2. The highest BCUT2D eigenvalue weighted by Crippen LogP contribution is 2.10. The summed E-state index contributed by atoms with van der Waals surface area (Å²) in [6, 6.07) is 19.8. The van der Waals surface area contributed by atoms with E-state index >= 15 is 0 Å². The summed E-state index contributed by atoms with van der Waals surface area (Å²) in [6.45, 7) is 8.54. The van der Waals surface area contributed by atoms with E-state index in [2.05, 4.69) is 34.9 Å². The molecule has 0 bridgehead atoms. The van der Waals surface area contributed by atoms with Crippen LogP contribution in [-0.2, 0) is 0 Å². The van der Waals surface area contributed by atoms with Crippen molar-refractivity contribution in [1.82, 2.24) is 20.7 Å². The maximum atomic E-state index is 5.53. The predicted octanol–water partition coefficient (Wildman–Crippen LogP) is 3.84. The average molecular weight is 455 g/mol. The summed E-state index contributed by atoms with van der Waals surface area (Å²) in [6.07, 6.45) is 0. The standard InChI is InChI=1S/C23H30N6S2/c1-5-28(4)22(30)26-24-20(18-14-10-8-11-15-18)21(19-16-12-9-13-17-19)25-27-23(31)29(6-2)7-3/h8-17H,5-7H2,1-4H3,(H,26,30)(H,27,31). The number of rotatable bonds is 8. The van der Waals surface area contributed by atoms with Gasteiger partial charge in [0.05, 0.1) is 0 Å². The SMILES string of the molecule is CCN(C)C(=S)NN=C(C(=NNC(=S)N(CC)CC)c1ccccc1)c1ccccc1. The second-order valence-electron chi connectivity index (χ2n) is 6.67. The molecule has 164 valence electrons. The van der Waals surface area contributed by atoms with E-state index in [1.165, 1.54) is 0 Å². The van der Waals surface area contributed by atoms with Crippen LogP contribution in [0.3, 0.4) is 0 Å². The molecule has 0 unspecified atom stereocenters. The first-order valence-corrected chi connectivity index (χ1v) is 11.2. The molecule has 0 radical (unpaired) electrons. The Morgan fingerprint density at radius 1 is 0.710 bits per heavy atom. The van der Waals surface area contributed by atoms with Gasteiger partial charge in [0.2, 0.25) is 0 Å².